The largest absolute Gasteiger partial charge is 0.338 e. The Hall–Kier alpha value is -1.86. The van der Waals surface area contributed by atoms with Gasteiger partial charge in [-0.2, -0.15) is 4.98 Å². The second-order valence-corrected chi connectivity index (χ2v) is 6.97. The van der Waals surface area contributed by atoms with Gasteiger partial charge in [-0.3, -0.25) is 9.80 Å². The van der Waals surface area contributed by atoms with Crippen LogP contribution in [0.2, 0.25) is 0 Å². The fraction of sp³-hybridized carbons (Fsp3) is 0.556. The molecule has 4 rings (SSSR count). The summed E-state index contributed by atoms with van der Waals surface area (Å²) in [4.78, 5) is 8.97. The van der Waals surface area contributed by atoms with E-state index in [0.717, 1.165) is 50.9 Å². The molecule has 0 amide bonds. The first-order valence-corrected chi connectivity index (χ1v) is 8.84. The van der Waals surface area contributed by atoms with Gasteiger partial charge >= 0.3 is 0 Å². The minimum Gasteiger partial charge on any atom is -0.338 e. The van der Waals surface area contributed by atoms with Gasteiger partial charge in [-0.05, 0) is 25.8 Å². The summed E-state index contributed by atoms with van der Waals surface area (Å²) < 4.78 is 32.6. The first-order valence-electron chi connectivity index (χ1n) is 8.84. The highest BCUT2D eigenvalue weighted by molar-refractivity contribution is 5.19. The van der Waals surface area contributed by atoms with E-state index in [9.17, 15) is 8.78 Å². The van der Waals surface area contributed by atoms with Crippen molar-refractivity contribution in [3.63, 3.8) is 0 Å². The Bertz CT molecular complexity index is 738. The Morgan fingerprint density at radius 3 is 2.68 bits per heavy atom. The van der Waals surface area contributed by atoms with Crippen LogP contribution in [0.3, 0.4) is 0 Å². The van der Waals surface area contributed by atoms with Gasteiger partial charge in [-0.25, -0.2) is 8.78 Å². The normalized spacial score (nSPS) is 20.8. The Morgan fingerprint density at radius 2 is 1.96 bits per heavy atom. The van der Waals surface area contributed by atoms with E-state index in [0.29, 0.717) is 23.9 Å². The predicted octanol–water partition coefficient (Wildman–Crippen LogP) is 3.10. The van der Waals surface area contributed by atoms with Crippen molar-refractivity contribution in [3.8, 4) is 0 Å². The van der Waals surface area contributed by atoms with Gasteiger partial charge in [-0.1, -0.05) is 17.3 Å². The minimum absolute atomic E-state index is 0.0769. The molecule has 1 aromatic heterocycles. The van der Waals surface area contributed by atoms with E-state index >= 15 is 0 Å². The highest BCUT2D eigenvalue weighted by atomic mass is 19.2. The van der Waals surface area contributed by atoms with Crippen LogP contribution < -0.4 is 0 Å². The summed E-state index contributed by atoms with van der Waals surface area (Å²) in [6.45, 7) is 5.76. The summed E-state index contributed by atoms with van der Waals surface area (Å²) in [6.07, 6.45) is 2.31. The van der Waals surface area contributed by atoms with E-state index in [1.165, 1.54) is 0 Å². The molecule has 2 heterocycles. The summed E-state index contributed by atoms with van der Waals surface area (Å²) in [5.41, 5.74) is 0.410. The van der Waals surface area contributed by atoms with Crippen molar-refractivity contribution in [2.45, 2.75) is 38.3 Å². The molecule has 2 aromatic rings. The number of rotatable bonds is 5. The molecule has 1 saturated carbocycles. The molecular formula is C18H22F2N4O. The number of piperazine rings is 1. The van der Waals surface area contributed by atoms with Crippen LogP contribution in [0.4, 0.5) is 8.78 Å². The minimum atomic E-state index is -0.785. The molecule has 2 aliphatic rings. The molecule has 2 fully saturated rings. The molecule has 1 aromatic carbocycles. The van der Waals surface area contributed by atoms with Gasteiger partial charge < -0.3 is 4.52 Å². The SMILES string of the molecule is C[C@H](c1nc(C2CC2)no1)N1CCN(Cc2cccc(F)c2F)CC1. The molecule has 0 unspecified atom stereocenters. The maximum absolute atomic E-state index is 13.8. The maximum Gasteiger partial charge on any atom is 0.243 e. The molecule has 1 aliphatic carbocycles. The molecule has 1 aliphatic heterocycles. The second-order valence-electron chi connectivity index (χ2n) is 6.97. The molecule has 25 heavy (non-hydrogen) atoms. The Morgan fingerprint density at radius 1 is 1.20 bits per heavy atom. The molecule has 0 bridgehead atoms. The lowest BCUT2D eigenvalue weighted by Gasteiger charge is -2.36. The van der Waals surface area contributed by atoms with Gasteiger partial charge in [0, 0.05) is 44.2 Å². The molecule has 7 heteroatoms. The second kappa shape index (κ2) is 6.80. The third-order valence-corrected chi connectivity index (χ3v) is 5.14. The Labute approximate surface area is 145 Å². The van der Waals surface area contributed by atoms with Crippen LogP contribution in [0.15, 0.2) is 22.7 Å². The zero-order chi connectivity index (χ0) is 17.4. The van der Waals surface area contributed by atoms with E-state index in [2.05, 4.69) is 26.9 Å². The van der Waals surface area contributed by atoms with Crippen LogP contribution in [-0.4, -0.2) is 46.1 Å². The van der Waals surface area contributed by atoms with Crippen molar-refractivity contribution in [2.75, 3.05) is 26.2 Å². The average molecular weight is 348 g/mol. The third kappa shape index (κ3) is 3.57. The monoisotopic (exact) mass is 348 g/mol. The van der Waals surface area contributed by atoms with Crippen molar-refractivity contribution in [1.82, 2.24) is 19.9 Å². The van der Waals surface area contributed by atoms with Crippen molar-refractivity contribution in [3.05, 3.63) is 47.1 Å². The van der Waals surface area contributed by atoms with E-state index in [1.54, 1.807) is 12.1 Å². The number of nitrogens with zero attached hydrogens (tertiary/aromatic N) is 4. The Balaban J connectivity index is 1.33. The van der Waals surface area contributed by atoms with Gasteiger partial charge in [0.15, 0.2) is 17.5 Å². The van der Waals surface area contributed by atoms with Crippen molar-refractivity contribution in [1.29, 1.82) is 0 Å². The van der Waals surface area contributed by atoms with Crippen LogP contribution in [0, 0.1) is 11.6 Å². The number of hydrogen-bond donors (Lipinski definition) is 0. The van der Waals surface area contributed by atoms with Crippen molar-refractivity contribution in [2.24, 2.45) is 0 Å². The van der Waals surface area contributed by atoms with E-state index in [1.807, 2.05) is 0 Å². The molecule has 0 radical (unpaired) electrons. The van der Waals surface area contributed by atoms with Crippen LogP contribution in [0.5, 0.6) is 0 Å². The topological polar surface area (TPSA) is 45.4 Å². The lowest BCUT2D eigenvalue weighted by molar-refractivity contribution is 0.0838. The number of aromatic nitrogens is 2. The summed E-state index contributed by atoms with van der Waals surface area (Å²) in [7, 11) is 0. The lowest BCUT2D eigenvalue weighted by atomic mass is 10.1. The predicted molar refractivity (Wildman–Crippen MR) is 87.9 cm³/mol. The molecule has 0 N–H and O–H groups in total. The number of halogens is 2. The van der Waals surface area contributed by atoms with Crippen LogP contribution in [0.25, 0.3) is 0 Å². The van der Waals surface area contributed by atoms with Gasteiger partial charge in [0.2, 0.25) is 5.89 Å². The summed E-state index contributed by atoms with van der Waals surface area (Å²) in [6, 6.07) is 4.43. The van der Waals surface area contributed by atoms with Crippen molar-refractivity contribution >= 4 is 0 Å². The lowest BCUT2D eigenvalue weighted by Crippen LogP contribution is -2.46. The third-order valence-electron chi connectivity index (χ3n) is 5.14. The molecule has 1 atom stereocenters. The first kappa shape index (κ1) is 16.6. The first-order chi connectivity index (χ1) is 12.1. The smallest absolute Gasteiger partial charge is 0.243 e. The highest BCUT2D eigenvalue weighted by Crippen LogP contribution is 2.38. The zero-order valence-electron chi connectivity index (χ0n) is 14.3. The van der Waals surface area contributed by atoms with E-state index < -0.39 is 11.6 Å². The standard InChI is InChI=1S/C18H22F2N4O/c1-12(18-21-17(22-25-18)13-5-6-13)24-9-7-23(8-10-24)11-14-3-2-4-15(19)16(14)20/h2-4,12-13H,5-11H2,1H3/t12-/m1/s1. The molecule has 0 spiro atoms. The van der Waals surface area contributed by atoms with Gasteiger partial charge in [0.05, 0.1) is 6.04 Å². The quantitative estimate of drug-likeness (QED) is 0.831. The van der Waals surface area contributed by atoms with Crippen LogP contribution in [0.1, 0.15) is 49.0 Å². The maximum atomic E-state index is 13.8. The van der Waals surface area contributed by atoms with Crippen molar-refractivity contribution < 1.29 is 13.3 Å². The molecule has 1 saturated heterocycles. The van der Waals surface area contributed by atoms with Gasteiger partial charge in [-0.15, -0.1) is 0 Å². The molecular weight excluding hydrogens is 326 g/mol. The number of benzene rings is 1. The fourth-order valence-corrected chi connectivity index (χ4v) is 3.30. The molecule has 5 nitrogen and oxygen atoms in total. The van der Waals surface area contributed by atoms with E-state index in [4.69, 9.17) is 4.52 Å². The summed E-state index contributed by atoms with van der Waals surface area (Å²) in [5.74, 6) is 0.473. The van der Waals surface area contributed by atoms with Crippen LogP contribution >= 0.6 is 0 Å². The van der Waals surface area contributed by atoms with Crippen LogP contribution in [-0.2, 0) is 6.54 Å². The van der Waals surface area contributed by atoms with Gasteiger partial charge in [0.25, 0.3) is 0 Å². The molecule has 134 valence electrons. The van der Waals surface area contributed by atoms with E-state index in [-0.39, 0.29) is 6.04 Å². The summed E-state index contributed by atoms with van der Waals surface area (Å²) in [5, 5.41) is 4.08. The fourth-order valence-electron chi connectivity index (χ4n) is 3.30. The summed E-state index contributed by atoms with van der Waals surface area (Å²) >= 11 is 0. The number of hydrogen-bond acceptors (Lipinski definition) is 5. The Kier molecular flexibility index (Phi) is 4.52. The van der Waals surface area contributed by atoms with Gasteiger partial charge in [0.1, 0.15) is 0 Å². The highest BCUT2D eigenvalue weighted by Gasteiger charge is 2.31. The average Bonchev–Trinajstić information content (AvgIpc) is 3.36. The zero-order valence-corrected chi connectivity index (χ0v) is 14.3.